The third-order valence-corrected chi connectivity index (χ3v) is 5.48. The van der Waals surface area contributed by atoms with Gasteiger partial charge in [-0.3, -0.25) is 14.9 Å². The van der Waals surface area contributed by atoms with Crippen LogP contribution in [0.4, 0.5) is 5.13 Å². The van der Waals surface area contributed by atoms with Gasteiger partial charge in [-0.1, -0.05) is 36.9 Å². The van der Waals surface area contributed by atoms with Crippen LogP contribution in [0.2, 0.25) is 0 Å². The molecule has 118 valence electrons. The number of hydrogen-bond donors (Lipinski definition) is 1. The fourth-order valence-corrected chi connectivity index (χ4v) is 3.90. The standard InChI is InChI=1S/C12H19N3O3S3/c1-4-8(20-7-9(16)18-5-2)10(17)13-11-14-15-12(21-11)19-6-3/h8H,4-7H2,1-3H3,(H,13,14,17)/t8-/m0/s1. The van der Waals surface area contributed by atoms with E-state index < -0.39 is 0 Å². The van der Waals surface area contributed by atoms with Gasteiger partial charge in [0.05, 0.1) is 17.6 Å². The summed E-state index contributed by atoms with van der Waals surface area (Å²) >= 11 is 4.22. The summed E-state index contributed by atoms with van der Waals surface area (Å²) in [5, 5.41) is 10.8. The van der Waals surface area contributed by atoms with Gasteiger partial charge in [-0.2, -0.15) is 0 Å². The first-order valence-electron chi connectivity index (χ1n) is 6.65. The molecule has 0 saturated carbocycles. The van der Waals surface area contributed by atoms with Crippen molar-refractivity contribution in [2.75, 3.05) is 23.4 Å². The van der Waals surface area contributed by atoms with Crippen LogP contribution in [0.3, 0.4) is 0 Å². The van der Waals surface area contributed by atoms with Gasteiger partial charge in [-0.05, 0) is 19.1 Å². The molecule has 1 N–H and O–H groups in total. The van der Waals surface area contributed by atoms with E-state index in [1.54, 1.807) is 18.7 Å². The first-order valence-corrected chi connectivity index (χ1v) is 9.50. The van der Waals surface area contributed by atoms with E-state index >= 15 is 0 Å². The zero-order valence-corrected chi connectivity index (χ0v) is 14.7. The Balaban J connectivity index is 2.48. The molecule has 21 heavy (non-hydrogen) atoms. The molecule has 0 fully saturated rings. The first kappa shape index (κ1) is 18.2. The fraction of sp³-hybridized carbons (Fsp3) is 0.667. The average molecular weight is 350 g/mol. The Bertz CT molecular complexity index is 468. The molecule has 0 spiro atoms. The minimum absolute atomic E-state index is 0.156. The molecule has 0 bridgehead atoms. The van der Waals surface area contributed by atoms with Crippen molar-refractivity contribution in [2.45, 2.75) is 36.8 Å². The van der Waals surface area contributed by atoms with E-state index in [1.165, 1.54) is 23.1 Å². The topological polar surface area (TPSA) is 81.2 Å². The number of nitrogens with zero attached hydrogens (tertiary/aromatic N) is 2. The van der Waals surface area contributed by atoms with Crippen LogP contribution in [0, 0.1) is 0 Å². The van der Waals surface area contributed by atoms with Crippen LogP contribution in [0.15, 0.2) is 4.34 Å². The molecule has 1 rings (SSSR count). The Labute approximate surface area is 136 Å². The Morgan fingerprint density at radius 1 is 1.33 bits per heavy atom. The summed E-state index contributed by atoms with van der Waals surface area (Å²) in [6.07, 6.45) is 0.630. The van der Waals surface area contributed by atoms with Crippen molar-refractivity contribution in [1.29, 1.82) is 0 Å². The van der Waals surface area contributed by atoms with Gasteiger partial charge in [0, 0.05) is 0 Å². The van der Waals surface area contributed by atoms with Crippen molar-refractivity contribution >= 4 is 51.9 Å². The summed E-state index contributed by atoms with van der Waals surface area (Å²) in [6.45, 7) is 6.04. The van der Waals surface area contributed by atoms with E-state index in [9.17, 15) is 9.59 Å². The lowest BCUT2D eigenvalue weighted by Crippen LogP contribution is -2.26. The van der Waals surface area contributed by atoms with E-state index in [0.29, 0.717) is 18.2 Å². The van der Waals surface area contributed by atoms with Gasteiger partial charge in [0.15, 0.2) is 4.34 Å². The second kappa shape index (κ2) is 10.0. The number of carbonyl (C=O) groups excluding carboxylic acids is 2. The maximum atomic E-state index is 12.1. The second-order valence-corrected chi connectivity index (χ2v) is 7.49. The lowest BCUT2D eigenvalue weighted by atomic mass is 10.3. The molecule has 6 nitrogen and oxygen atoms in total. The zero-order chi connectivity index (χ0) is 15.7. The van der Waals surface area contributed by atoms with Gasteiger partial charge in [0.1, 0.15) is 0 Å². The van der Waals surface area contributed by atoms with Gasteiger partial charge < -0.3 is 4.74 Å². The highest BCUT2D eigenvalue weighted by Gasteiger charge is 2.20. The van der Waals surface area contributed by atoms with E-state index in [-0.39, 0.29) is 22.9 Å². The smallest absolute Gasteiger partial charge is 0.315 e. The molecular weight excluding hydrogens is 330 g/mol. The molecule has 0 aliphatic heterocycles. The number of amides is 1. The normalized spacial score (nSPS) is 12.0. The number of esters is 1. The van der Waals surface area contributed by atoms with E-state index in [2.05, 4.69) is 15.5 Å². The molecule has 1 amide bonds. The van der Waals surface area contributed by atoms with Crippen LogP contribution in [-0.4, -0.2) is 45.4 Å². The molecule has 0 aliphatic carbocycles. The predicted octanol–water partition coefficient (Wildman–Crippen LogP) is 2.66. The number of aromatic nitrogens is 2. The Morgan fingerprint density at radius 2 is 2.10 bits per heavy atom. The number of carbonyl (C=O) groups is 2. The highest BCUT2D eigenvalue weighted by molar-refractivity contribution is 8.01. The largest absolute Gasteiger partial charge is 0.465 e. The third-order valence-electron chi connectivity index (χ3n) is 2.28. The summed E-state index contributed by atoms with van der Waals surface area (Å²) in [7, 11) is 0. The van der Waals surface area contributed by atoms with Crippen molar-refractivity contribution in [2.24, 2.45) is 0 Å². The number of hydrogen-bond acceptors (Lipinski definition) is 8. The first-order chi connectivity index (χ1) is 10.1. The Hall–Kier alpha value is -0.800. The van der Waals surface area contributed by atoms with Gasteiger partial charge in [0.2, 0.25) is 11.0 Å². The van der Waals surface area contributed by atoms with E-state index in [0.717, 1.165) is 10.1 Å². The molecule has 1 atom stereocenters. The maximum Gasteiger partial charge on any atom is 0.315 e. The number of ether oxygens (including phenoxy) is 1. The monoisotopic (exact) mass is 349 g/mol. The summed E-state index contributed by atoms with van der Waals surface area (Å²) in [6, 6.07) is 0. The fourth-order valence-electron chi connectivity index (χ4n) is 1.38. The van der Waals surface area contributed by atoms with Gasteiger partial charge in [-0.25, -0.2) is 0 Å². The molecule has 1 heterocycles. The van der Waals surface area contributed by atoms with Crippen molar-refractivity contribution < 1.29 is 14.3 Å². The van der Waals surface area contributed by atoms with Crippen molar-refractivity contribution in [3.8, 4) is 0 Å². The number of rotatable bonds is 9. The van der Waals surface area contributed by atoms with Gasteiger partial charge >= 0.3 is 5.97 Å². The summed E-state index contributed by atoms with van der Waals surface area (Å²) in [5.41, 5.74) is 0. The van der Waals surface area contributed by atoms with E-state index in [4.69, 9.17) is 4.74 Å². The zero-order valence-electron chi connectivity index (χ0n) is 12.2. The number of thioether (sulfide) groups is 2. The molecule has 1 aromatic heterocycles. The van der Waals surface area contributed by atoms with Crippen LogP contribution in [0.1, 0.15) is 27.2 Å². The molecule has 0 radical (unpaired) electrons. The highest BCUT2D eigenvalue weighted by Crippen LogP contribution is 2.26. The van der Waals surface area contributed by atoms with Crippen LogP contribution < -0.4 is 5.32 Å². The van der Waals surface area contributed by atoms with Crippen LogP contribution in [0.5, 0.6) is 0 Å². The second-order valence-electron chi connectivity index (χ2n) is 3.81. The summed E-state index contributed by atoms with van der Waals surface area (Å²) < 4.78 is 5.68. The minimum Gasteiger partial charge on any atom is -0.465 e. The van der Waals surface area contributed by atoms with Crippen LogP contribution >= 0.6 is 34.9 Å². The van der Waals surface area contributed by atoms with Crippen molar-refractivity contribution in [1.82, 2.24) is 10.2 Å². The Morgan fingerprint density at radius 3 is 2.71 bits per heavy atom. The van der Waals surface area contributed by atoms with Crippen molar-refractivity contribution in [3.05, 3.63) is 0 Å². The molecule has 0 aliphatic rings. The molecule has 1 aromatic rings. The summed E-state index contributed by atoms with van der Waals surface area (Å²) in [4.78, 5) is 23.5. The predicted molar refractivity (Wildman–Crippen MR) is 88.1 cm³/mol. The molecule has 9 heteroatoms. The SMILES string of the molecule is CCOC(=O)CS[C@@H](CC)C(=O)Nc1nnc(SCC)s1. The third kappa shape index (κ3) is 6.66. The molecule has 0 saturated heterocycles. The lowest BCUT2D eigenvalue weighted by molar-refractivity contribution is -0.139. The van der Waals surface area contributed by atoms with Gasteiger partial charge in [-0.15, -0.1) is 22.0 Å². The lowest BCUT2D eigenvalue weighted by Gasteiger charge is -2.12. The van der Waals surface area contributed by atoms with Crippen molar-refractivity contribution in [3.63, 3.8) is 0 Å². The Kier molecular flexibility index (Phi) is 8.70. The molecule has 0 aromatic carbocycles. The van der Waals surface area contributed by atoms with Crippen LogP contribution in [0.25, 0.3) is 0 Å². The van der Waals surface area contributed by atoms with Crippen LogP contribution in [-0.2, 0) is 14.3 Å². The summed E-state index contributed by atoms with van der Waals surface area (Å²) in [5.74, 6) is 0.629. The van der Waals surface area contributed by atoms with E-state index in [1.807, 2.05) is 13.8 Å². The molecule has 0 unspecified atom stereocenters. The highest BCUT2D eigenvalue weighted by atomic mass is 32.2. The average Bonchev–Trinajstić information content (AvgIpc) is 2.87. The number of anilines is 1. The molecular formula is C12H19N3O3S3. The van der Waals surface area contributed by atoms with Gasteiger partial charge in [0.25, 0.3) is 0 Å². The maximum absolute atomic E-state index is 12.1. The number of nitrogens with one attached hydrogen (secondary N) is 1. The quantitative estimate of drug-likeness (QED) is 0.417. The minimum atomic E-state index is -0.305.